The summed E-state index contributed by atoms with van der Waals surface area (Å²) in [5, 5.41) is 13.3. The van der Waals surface area contributed by atoms with Crippen molar-refractivity contribution in [3.8, 4) is 0 Å². The first kappa shape index (κ1) is 14.1. The maximum absolute atomic E-state index is 11.9. The lowest BCUT2D eigenvalue weighted by atomic mass is 10.2. The molecule has 1 aromatic heterocycles. The second kappa shape index (κ2) is 6.21. The number of H-pyrrole nitrogens is 1. The van der Waals surface area contributed by atoms with Crippen LogP contribution in [0.15, 0.2) is 28.7 Å². The number of aliphatic hydroxyl groups is 1. The van der Waals surface area contributed by atoms with Crippen LogP contribution in [0.25, 0.3) is 10.9 Å². The van der Waals surface area contributed by atoms with Crippen molar-refractivity contribution in [2.75, 3.05) is 6.54 Å². The van der Waals surface area contributed by atoms with Crippen LogP contribution in [0.2, 0.25) is 0 Å². The standard InChI is InChI=1S/C14H17BrN2O2/c1-2-3-11(18)8-16-14(19)13-6-9-4-5-10(15)7-12(9)17-13/h4-7,11,17-18H,2-3,8H2,1H3,(H,16,19). The van der Waals surface area contributed by atoms with E-state index in [4.69, 9.17) is 0 Å². The third-order valence-corrected chi connectivity index (χ3v) is 3.44. The van der Waals surface area contributed by atoms with Crippen molar-refractivity contribution < 1.29 is 9.90 Å². The van der Waals surface area contributed by atoms with E-state index in [-0.39, 0.29) is 12.5 Å². The lowest BCUT2D eigenvalue weighted by Gasteiger charge is -2.09. The first-order valence-electron chi connectivity index (χ1n) is 6.34. The molecule has 2 rings (SSSR count). The molecule has 0 radical (unpaired) electrons. The molecule has 0 bridgehead atoms. The van der Waals surface area contributed by atoms with E-state index >= 15 is 0 Å². The van der Waals surface area contributed by atoms with E-state index in [1.807, 2.05) is 31.2 Å². The third-order valence-electron chi connectivity index (χ3n) is 2.95. The average Bonchev–Trinajstić information content (AvgIpc) is 2.79. The van der Waals surface area contributed by atoms with Crippen molar-refractivity contribution in [1.29, 1.82) is 0 Å². The van der Waals surface area contributed by atoms with Crippen LogP contribution in [0.1, 0.15) is 30.3 Å². The number of halogens is 1. The number of aromatic nitrogens is 1. The Morgan fingerprint density at radius 3 is 3.00 bits per heavy atom. The highest BCUT2D eigenvalue weighted by atomic mass is 79.9. The number of hydrogen-bond donors (Lipinski definition) is 3. The fraction of sp³-hybridized carbons (Fsp3) is 0.357. The molecule has 0 aliphatic heterocycles. The van der Waals surface area contributed by atoms with Gasteiger partial charge in [0.2, 0.25) is 0 Å². The number of amides is 1. The van der Waals surface area contributed by atoms with Gasteiger partial charge in [-0.1, -0.05) is 35.3 Å². The summed E-state index contributed by atoms with van der Waals surface area (Å²) < 4.78 is 0.965. The number of carbonyl (C=O) groups is 1. The third kappa shape index (κ3) is 3.58. The maximum atomic E-state index is 11.9. The average molecular weight is 325 g/mol. The minimum absolute atomic E-state index is 0.192. The summed E-state index contributed by atoms with van der Waals surface area (Å²) in [7, 11) is 0. The van der Waals surface area contributed by atoms with Gasteiger partial charge >= 0.3 is 0 Å². The Morgan fingerprint density at radius 2 is 2.26 bits per heavy atom. The lowest BCUT2D eigenvalue weighted by Crippen LogP contribution is -2.32. The first-order valence-corrected chi connectivity index (χ1v) is 7.14. The normalized spacial score (nSPS) is 12.6. The van der Waals surface area contributed by atoms with E-state index in [1.54, 1.807) is 0 Å². The molecule has 0 saturated heterocycles. The Bertz CT molecular complexity index is 580. The Balaban J connectivity index is 2.05. The maximum Gasteiger partial charge on any atom is 0.267 e. The summed E-state index contributed by atoms with van der Waals surface area (Å²) in [6.45, 7) is 2.28. The second-order valence-corrected chi connectivity index (χ2v) is 5.48. The minimum Gasteiger partial charge on any atom is -0.391 e. The van der Waals surface area contributed by atoms with Gasteiger partial charge in [0.25, 0.3) is 5.91 Å². The zero-order valence-electron chi connectivity index (χ0n) is 10.7. The minimum atomic E-state index is -0.479. The monoisotopic (exact) mass is 324 g/mol. The van der Waals surface area contributed by atoms with Crippen molar-refractivity contribution in [1.82, 2.24) is 10.3 Å². The van der Waals surface area contributed by atoms with Gasteiger partial charge in [-0.25, -0.2) is 0 Å². The van der Waals surface area contributed by atoms with Gasteiger partial charge in [0.15, 0.2) is 0 Å². The van der Waals surface area contributed by atoms with Gasteiger partial charge in [-0.3, -0.25) is 4.79 Å². The fourth-order valence-electron chi connectivity index (χ4n) is 1.96. The Morgan fingerprint density at radius 1 is 1.47 bits per heavy atom. The molecule has 0 spiro atoms. The number of benzene rings is 1. The van der Waals surface area contributed by atoms with E-state index < -0.39 is 6.10 Å². The highest BCUT2D eigenvalue weighted by Gasteiger charge is 2.11. The molecule has 1 atom stereocenters. The summed E-state index contributed by atoms with van der Waals surface area (Å²) >= 11 is 3.39. The van der Waals surface area contributed by atoms with E-state index in [0.29, 0.717) is 12.1 Å². The number of hydrogen-bond acceptors (Lipinski definition) is 2. The van der Waals surface area contributed by atoms with Crippen LogP contribution in [0.3, 0.4) is 0 Å². The molecule has 102 valence electrons. The Hall–Kier alpha value is -1.33. The predicted molar refractivity (Wildman–Crippen MR) is 79.2 cm³/mol. The molecule has 1 aromatic carbocycles. The van der Waals surface area contributed by atoms with Gasteiger partial charge in [-0.15, -0.1) is 0 Å². The van der Waals surface area contributed by atoms with Gasteiger partial charge in [0.05, 0.1) is 6.10 Å². The van der Waals surface area contributed by atoms with Crippen LogP contribution >= 0.6 is 15.9 Å². The molecule has 1 heterocycles. The van der Waals surface area contributed by atoms with E-state index in [1.165, 1.54) is 0 Å². The summed E-state index contributed by atoms with van der Waals surface area (Å²) in [6.07, 6.45) is 1.12. The molecule has 0 aliphatic rings. The van der Waals surface area contributed by atoms with Gasteiger partial charge < -0.3 is 15.4 Å². The second-order valence-electron chi connectivity index (χ2n) is 4.57. The largest absolute Gasteiger partial charge is 0.391 e. The number of aromatic amines is 1. The SMILES string of the molecule is CCCC(O)CNC(=O)c1cc2ccc(Br)cc2[nH]1. The Kier molecular flexibility index (Phi) is 4.61. The van der Waals surface area contributed by atoms with Crippen LogP contribution in [0.5, 0.6) is 0 Å². The van der Waals surface area contributed by atoms with Gasteiger partial charge in [0.1, 0.15) is 5.69 Å². The van der Waals surface area contributed by atoms with Crippen LogP contribution in [-0.4, -0.2) is 28.6 Å². The lowest BCUT2D eigenvalue weighted by molar-refractivity contribution is 0.0906. The topological polar surface area (TPSA) is 65.1 Å². The van der Waals surface area contributed by atoms with Gasteiger partial charge in [-0.05, 0) is 24.6 Å². The van der Waals surface area contributed by atoms with Crippen LogP contribution < -0.4 is 5.32 Å². The van der Waals surface area contributed by atoms with Crippen molar-refractivity contribution in [2.45, 2.75) is 25.9 Å². The highest BCUT2D eigenvalue weighted by molar-refractivity contribution is 9.10. The number of nitrogens with one attached hydrogen (secondary N) is 2. The molecule has 5 heteroatoms. The number of fused-ring (bicyclic) bond motifs is 1. The van der Waals surface area contributed by atoms with Crippen molar-refractivity contribution >= 4 is 32.7 Å². The van der Waals surface area contributed by atoms with Gasteiger partial charge in [0, 0.05) is 21.9 Å². The Labute approximate surface area is 120 Å². The molecular formula is C14H17BrN2O2. The number of carbonyl (C=O) groups excluding carboxylic acids is 1. The summed E-state index contributed by atoms with van der Waals surface area (Å²) in [5.74, 6) is -0.192. The molecule has 1 unspecified atom stereocenters. The van der Waals surface area contributed by atoms with E-state index in [9.17, 15) is 9.90 Å². The fourth-order valence-corrected chi connectivity index (χ4v) is 2.32. The summed E-state index contributed by atoms with van der Waals surface area (Å²) in [6, 6.07) is 7.61. The van der Waals surface area contributed by atoms with Crippen molar-refractivity contribution in [3.05, 3.63) is 34.4 Å². The highest BCUT2D eigenvalue weighted by Crippen LogP contribution is 2.20. The molecule has 3 N–H and O–H groups in total. The molecular weight excluding hydrogens is 308 g/mol. The molecule has 19 heavy (non-hydrogen) atoms. The zero-order valence-corrected chi connectivity index (χ0v) is 12.3. The summed E-state index contributed by atoms with van der Waals surface area (Å²) in [4.78, 5) is 15.0. The molecule has 0 fully saturated rings. The molecule has 2 aromatic rings. The van der Waals surface area contributed by atoms with Crippen LogP contribution in [0.4, 0.5) is 0 Å². The van der Waals surface area contributed by atoms with Crippen molar-refractivity contribution in [2.24, 2.45) is 0 Å². The first-order chi connectivity index (χ1) is 9.10. The quantitative estimate of drug-likeness (QED) is 0.791. The zero-order chi connectivity index (χ0) is 13.8. The van der Waals surface area contributed by atoms with Gasteiger partial charge in [-0.2, -0.15) is 0 Å². The van der Waals surface area contributed by atoms with Crippen molar-refractivity contribution in [3.63, 3.8) is 0 Å². The predicted octanol–water partition coefficient (Wildman–Crippen LogP) is 2.82. The summed E-state index contributed by atoms with van der Waals surface area (Å²) in [5.41, 5.74) is 1.42. The van der Waals surface area contributed by atoms with E-state index in [2.05, 4.69) is 26.2 Å². The molecule has 0 aliphatic carbocycles. The van der Waals surface area contributed by atoms with E-state index in [0.717, 1.165) is 21.8 Å². The molecule has 1 amide bonds. The van der Waals surface area contributed by atoms with Crippen LogP contribution in [-0.2, 0) is 0 Å². The van der Waals surface area contributed by atoms with Crippen LogP contribution in [0, 0.1) is 0 Å². The number of aliphatic hydroxyl groups excluding tert-OH is 1. The molecule has 4 nitrogen and oxygen atoms in total. The smallest absolute Gasteiger partial charge is 0.267 e. The number of rotatable bonds is 5. The molecule has 0 saturated carbocycles.